The van der Waals surface area contributed by atoms with Crippen LogP contribution in [0.1, 0.15) is 5.82 Å². The summed E-state index contributed by atoms with van der Waals surface area (Å²) in [4.78, 5) is 21.9. The van der Waals surface area contributed by atoms with E-state index in [4.69, 9.17) is 14.6 Å². The fourth-order valence-electron chi connectivity index (χ4n) is 2.59. The van der Waals surface area contributed by atoms with Gasteiger partial charge in [0, 0.05) is 7.05 Å². The van der Waals surface area contributed by atoms with Crippen molar-refractivity contribution < 1.29 is 22.7 Å². The van der Waals surface area contributed by atoms with Gasteiger partial charge in [-0.05, 0) is 5.21 Å². The van der Waals surface area contributed by atoms with Crippen LogP contribution in [0.5, 0.6) is 11.8 Å². The number of nitrogens with one attached hydrogen (secondary N) is 1. The maximum absolute atomic E-state index is 12.8. The van der Waals surface area contributed by atoms with Crippen molar-refractivity contribution in [2.75, 3.05) is 33.1 Å². The average molecular weight is 426 g/mol. The highest BCUT2D eigenvalue weighted by atomic mass is 32.2. The number of tetrazole rings is 1. The number of carbonyl (C=O) groups is 1. The van der Waals surface area contributed by atoms with E-state index in [9.17, 15) is 13.2 Å². The molecule has 156 valence electrons. The standard InChI is InChI=1S/C13H18N10O5S/c1-21-11(29(14,25)26)7(10-18-20-22(2)19-10)6-23(21)13(24)17-12-15-8(27-3)5-9(16-12)28-4/h5H,6H2,1-4H3,(H2,14,25,26)(H,15,16,17,24). The van der Waals surface area contributed by atoms with Gasteiger partial charge in [0.2, 0.25) is 23.5 Å². The number of primary sulfonamides is 1. The van der Waals surface area contributed by atoms with E-state index in [1.165, 1.54) is 34.4 Å². The first-order chi connectivity index (χ1) is 13.6. The van der Waals surface area contributed by atoms with Crippen LogP contribution in [-0.4, -0.2) is 82.5 Å². The number of aryl methyl sites for hydroxylation is 1. The molecule has 16 heteroatoms. The first kappa shape index (κ1) is 20.2. The van der Waals surface area contributed by atoms with Gasteiger partial charge in [-0.15, -0.1) is 10.2 Å². The number of ether oxygens (including phenoxy) is 2. The molecule has 2 aromatic rings. The Hall–Kier alpha value is -3.53. The Kier molecular flexibility index (Phi) is 5.21. The molecule has 3 heterocycles. The summed E-state index contributed by atoms with van der Waals surface area (Å²) in [5, 5.41) is 21.1. The SMILES string of the molecule is COc1cc(OC)nc(NC(=O)N2CC(c3nnn(C)n3)=C(S(N)(=O)=O)N2C)n1. The molecule has 2 amide bonds. The molecule has 0 bridgehead atoms. The highest BCUT2D eigenvalue weighted by Gasteiger charge is 2.39. The summed E-state index contributed by atoms with van der Waals surface area (Å²) in [6.45, 7) is -0.180. The molecule has 0 aliphatic carbocycles. The summed E-state index contributed by atoms with van der Waals surface area (Å²) in [5.74, 6) is 0.241. The number of carbonyl (C=O) groups excluding carboxylic acids is 1. The van der Waals surface area contributed by atoms with Gasteiger partial charge in [-0.1, -0.05) is 0 Å². The molecule has 29 heavy (non-hydrogen) atoms. The number of rotatable bonds is 5. The predicted octanol–water partition coefficient (Wildman–Crippen LogP) is -1.63. The van der Waals surface area contributed by atoms with E-state index < -0.39 is 16.1 Å². The molecule has 1 aliphatic rings. The van der Waals surface area contributed by atoms with Crippen LogP contribution < -0.4 is 19.9 Å². The van der Waals surface area contributed by atoms with E-state index >= 15 is 0 Å². The summed E-state index contributed by atoms with van der Waals surface area (Å²) in [5.41, 5.74) is 0.113. The van der Waals surface area contributed by atoms with E-state index in [2.05, 4.69) is 30.7 Å². The van der Waals surface area contributed by atoms with Crippen molar-refractivity contribution in [3.8, 4) is 11.8 Å². The number of aromatic nitrogens is 6. The Morgan fingerprint density at radius 3 is 2.31 bits per heavy atom. The number of urea groups is 1. The van der Waals surface area contributed by atoms with E-state index in [0.717, 1.165) is 14.8 Å². The third-order valence-corrected chi connectivity index (χ3v) is 4.87. The lowest BCUT2D eigenvalue weighted by Crippen LogP contribution is -2.44. The minimum atomic E-state index is -4.20. The predicted molar refractivity (Wildman–Crippen MR) is 97.4 cm³/mol. The van der Waals surface area contributed by atoms with Crippen molar-refractivity contribution in [1.29, 1.82) is 0 Å². The number of amides is 2. The lowest BCUT2D eigenvalue weighted by Gasteiger charge is -2.27. The van der Waals surface area contributed by atoms with Crippen molar-refractivity contribution in [3.63, 3.8) is 0 Å². The third kappa shape index (κ3) is 4.02. The van der Waals surface area contributed by atoms with Gasteiger partial charge in [-0.3, -0.25) is 10.3 Å². The van der Waals surface area contributed by atoms with Gasteiger partial charge in [-0.2, -0.15) is 14.8 Å². The average Bonchev–Trinajstić information content (AvgIpc) is 3.24. The van der Waals surface area contributed by atoms with E-state index in [1.807, 2.05) is 0 Å². The van der Waals surface area contributed by atoms with Crippen LogP contribution in [0, 0.1) is 0 Å². The molecular weight excluding hydrogens is 408 g/mol. The smallest absolute Gasteiger partial charge is 0.343 e. The van der Waals surface area contributed by atoms with E-state index in [-0.39, 0.29) is 40.7 Å². The molecular formula is C13H18N10O5S. The molecule has 3 N–H and O–H groups in total. The largest absolute Gasteiger partial charge is 0.481 e. The molecule has 3 rings (SSSR count). The first-order valence-corrected chi connectivity index (χ1v) is 9.48. The number of hydrazine groups is 1. The molecule has 0 radical (unpaired) electrons. The zero-order chi connectivity index (χ0) is 21.3. The van der Waals surface area contributed by atoms with Gasteiger partial charge >= 0.3 is 6.03 Å². The van der Waals surface area contributed by atoms with Gasteiger partial charge in [0.15, 0.2) is 5.03 Å². The highest BCUT2D eigenvalue weighted by molar-refractivity contribution is 7.93. The molecule has 0 fully saturated rings. The second kappa shape index (κ2) is 7.47. The number of methoxy groups -OCH3 is 2. The molecule has 1 aliphatic heterocycles. The number of nitrogens with two attached hydrogens (primary N) is 1. The monoisotopic (exact) mass is 426 g/mol. The Morgan fingerprint density at radius 1 is 1.21 bits per heavy atom. The number of nitrogens with zero attached hydrogens (tertiary/aromatic N) is 8. The van der Waals surface area contributed by atoms with Crippen LogP contribution in [0.4, 0.5) is 10.7 Å². The van der Waals surface area contributed by atoms with Gasteiger partial charge in [0.05, 0.1) is 39.5 Å². The van der Waals surface area contributed by atoms with Crippen molar-refractivity contribution in [3.05, 3.63) is 16.9 Å². The molecule has 0 saturated heterocycles. The number of hydrogen-bond acceptors (Lipinski definition) is 11. The zero-order valence-electron chi connectivity index (χ0n) is 15.9. The van der Waals surface area contributed by atoms with Crippen LogP contribution >= 0.6 is 0 Å². The topological polar surface area (TPSA) is 184 Å². The molecule has 0 atom stereocenters. The highest BCUT2D eigenvalue weighted by Crippen LogP contribution is 2.30. The summed E-state index contributed by atoms with van der Waals surface area (Å²) in [6, 6.07) is 0.693. The summed E-state index contributed by atoms with van der Waals surface area (Å²) < 4.78 is 34.3. The van der Waals surface area contributed by atoms with Crippen molar-refractivity contribution >= 4 is 27.6 Å². The normalized spacial score (nSPS) is 14.4. The van der Waals surface area contributed by atoms with Crippen LogP contribution in [0.3, 0.4) is 0 Å². The van der Waals surface area contributed by atoms with E-state index in [0.29, 0.717) is 0 Å². The zero-order valence-corrected chi connectivity index (χ0v) is 16.7. The lowest BCUT2D eigenvalue weighted by atomic mass is 10.3. The summed E-state index contributed by atoms with van der Waals surface area (Å²) in [7, 11) is 1.46. The minimum absolute atomic E-state index is 0.0259. The quantitative estimate of drug-likeness (QED) is 0.559. The van der Waals surface area contributed by atoms with Crippen LogP contribution in [0.25, 0.3) is 5.57 Å². The van der Waals surface area contributed by atoms with E-state index in [1.54, 1.807) is 0 Å². The van der Waals surface area contributed by atoms with Crippen LogP contribution in [0.15, 0.2) is 11.1 Å². The maximum atomic E-state index is 12.8. The molecule has 0 unspecified atom stereocenters. The molecule has 0 spiro atoms. The third-order valence-electron chi connectivity index (χ3n) is 3.82. The Bertz CT molecular complexity index is 1060. The first-order valence-electron chi connectivity index (χ1n) is 7.93. The number of anilines is 1. The second-order valence-electron chi connectivity index (χ2n) is 5.72. The van der Waals surface area contributed by atoms with Crippen molar-refractivity contribution in [2.24, 2.45) is 12.2 Å². The molecule has 0 saturated carbocycles. The molecule has 15 nitrogen and oxygen atoms in total. The fourth-order valence-corrected chi connectivity index (χ4v) is 3.56. The van der Waals surface area contributed by atoms with Gasteiger partial charge in [0.25, 0.3) is 10.0 Å². The van der Waals surface area contributed by atoms with Crippen LogP contribution in [-0.2, 0) is 17.1 Å². The fraction of sp³-hybridized carbons (Fsp3) is 0.385. The van der Waals surface area contributed by atoms with Crippen molar-refractivity contribution in [1.82, 2.24) is 40.2 Å². The number of hydrogen-bond donors (Lipinski definition) is 2. The number of sulfonamides is 1. The Morgan fingerprint density at radius 2 is 1.83 bits per heavy atom. The summed E-state index contributed by atoms with van der Waals surface area (Å²) >= 11 is 0. The molecule has 0 aromatic carbocycles. The minimum Gasteiger partial charge on any atom is -0.481 e. The second-order valence-corrected chi connectivity index (χ2v) is 7.20. The summed E-state index contributed by atoms with van der Waals surface area (Å²) in [6.07, 6.45) is 0. The lowest BCUT2D eigenvalue weighted by molar-refractivity contribution is 0.115. The molecule has 2 aromatic heterocycles. The Balaban J connectivity index is 1.90. The Labute approximate surface area is 165 Å². The van der Waals surface area contributed by atoms with Gasteiger partial charge < -0.3 is 9.47 Å². The van der Waals surface area contributed by atoms with Crippen molar-refractivity contribution in [2.45, 2.75) is 0 Å². The van der Waals surface area contributed by atoms with Crippen LogP contribution in [0.2, 0.25) is 0 Å². The van der Waals surface area contributed by atoms with Gasteiger partial charge in [0.1, 0.15) is 0 Å². The van der Waals surface area contributed by atoms with Gasteiger partial charge in [-0.25, -0.2) is 23.4 Å². The maximum Gasteiger partial charge on any atom is 0.343 e.